The van der Waals surface area contributed by atoms with Crippen LogP contribution in [-0.2, 0) is 0 Å². The predicted octanol–water partition coefficient (Wildman–Crippen LogP) is 2.27. The van der Waals surface area contributed by atoms with Crippen molar-refractivity contribution in [3.05, 3.63) is 0 Å². The highest BCUT2D eigenvalue weighted by Crippen LogP contribution is 2.32. The fourth-order valence-corrected chi connectivity index (χ4v) is 1.95. The average Bonchev–Trinajstić information content (AvgIpc) is 2.86. The zero-order valence-electron chi connectivity index (χ0n) is 7.39. The number of likely N-dealkylation sites (tertiary alicyclic amines) is 1. The molecule has 1 saturated heterocycles. The average molecular weight is 153 g/mol. The molecule has 64 valence electrons. The largest absolute Gasteiger partial charge is 0.303 e. The van der Waals surface area contributed by atoms with Crippen molar-refractivity contribution in [2.45, 2.75) is 38.5 Å². The van der Waals surface area contributed by atoms with E-state index in [2.05, 4.69) is 4.90 Å². The van der Waals surface area contributed by atoms with E-state index in [-0.39, 0.29) is 0 Å². The summed E-state index contributed by atoms with van der Waals surface area (Å²) in [4.78, 5) is 2.65. The topological polar surface area (TPSA) is 3.24 Å². The zero-order valence-corrected chi connectivity index (χ0v) is 7.39. The van der Waals surface area contributed by atoms with Gasteiger partial charge in [-0.15, -0.1) is 0 Å². The molecule has 2 rings (SSSR count). The molecule has 0 amide bonds. The van der Waals surface area contributed by atoms with Gasteiger partial charge in [-0.25, -0.2) is 0 Å². The molecule has 0 aromatic carbocycles. The first-order chi connectivity index (χ1) is 5.45. The lowest BCUT2D eigenvalue weighted by atomic mass is 10.1. The molecule has 11 heavy (non-hydrogen) atoms. The molecule has 1 aliphatic heterocycles. The minimum absolute atomic E-state index is 1.12. The molecule has 0 N–H and O–H groups in total. The van der Waals surface area contributed by atoms with E-state index in [4.69, 9.17) is 0 Å². The minimum atomic E-state index is 1.12. The highest BCUT2D eigenvalue weighted by molar-refractivity contribution is 4.75. The Kier molecular flexibility index (Phi) is 2.47. The van der Waals surface area contributed by atoms with Crippen LogP contribution < -0.4 is 0 Å². The Balaban J connectivity index is 1.59. The summed E-state index contributed by atoms with van der Waals surface area (Å²) in [5, 5.41) is 0. The Labute approximate surface area is 69.8 Å². The summed E-state index contributed by atoms with van der Waals surface area (Å²) in [6, 6.07) is 0. The van der Waals surface area contributed by atoms with Gasteiger partial charge >= 0.3 is 0 Å². The minimum Gasteiger partial charge on any atom is -0.303 e. The summed E-state index contributed by atoms with van der Waals surface area (Å²) in [6.07, 6.45) is 8.90. The molecule has 1 nitrogen and oxygen atoms in total. The smallest absolute Gasteiger partial charge is 0.00161 e. The molecule has 1 heterocycles. The molecular weight excluding hydrogens is 134 g/mol. The van der Waals surface area contributed by atoms with Gasteiger partial charge in [0.25, 0.3) is 0 Å². The van der Waals surface area contributed by atoms with Crippen molar-refractivity contribution < 1.29 is 0 Å². The molecule has 0 radical (unpaired) electrons. The van der Waals surface area contributed by atoms with Crippen LogP contribution >= 0.6 is 0 Å². The first-order valence-corrected chi connectivity index (χ1v) is 5.17. The summed E-state index contributed by atoms with van der Waals surface area (Å²) in [6.45, 7) is 4.16. The van der Waals surface area contributed by atoms with Crippen molar-refractivity contribution in [2.75, 3.05) is 19.6 Å². The lowest BCUT2D eigenvalue weighted by Crippen LogP contribution is -2.30. The van der Waals surface area contributed by atoms with E-state index in [9.17, 15) is 0 Å². The van der Waals surface area contributed by atoms with Gasteiger partial charge in [0.1, 0.15) is 0 Å². The van der Waals surface area contributed by atoms with Crippen molar-refractivity contribution >= 4 is 0 Å². The third kappa shape index (κ3) is 2.48. The van der Waals surface area contributed by atoms with Gasteiger partial charge in [0, 0.05) is 0 Å². The second-order valence-electron chi connectivity index (χ2n) is 4.13. The molecule has 0 atom stereocenters. The van der Waals surface area contributed by atoms with Gasteiger partial charge in [-0.2, -0.15) is 0 Å². The second kappa shape index (κ2) is 3.57. The molecule has 2 aliphatic rings. The Bertz CT molecular complexity index is 112. The van der Waals surface area contributed by atoms with Crippen LogP contribution in [0, 0.1) is 5.92 Å². The Morgan fingerprint density at radius 1 is 1.00 bits per heavy atom. The quantitative estimate of drug-likeness (QED) is 0.601. The van der Waals surface area contributed by atoms with Gasteiger partial charge in [-0.1, -0.05) is 19.3 Å². The molecule has 1 aliphatic carbocycles. The van der Waals surface area contributed by atoms with Gasteiger partial charge in [-0.3, -0.25) is 0 Å². The normalized spacial score (nSPS) is 27.3. The zero-order chi connectivity index (χ0) is 7.52. The maximum absolute atomic E-state index is 2.65. The van der Waals surface area contributed by atoms with Crippen LogP contribution in [0.4, 0.5) is 0 Å². The summed E-state index contributed by atoms with van der Waals surface area (Å²) in [5.41, 5.74) is 0. The van der Waals surface area contributed by atoms with Crippen LogP contribution in [0.25, 0.3) is 0 Å². The van der Waals surface area contributed by atoms with E-state index >= 15 is 0 Å². The van der Waals surface area contributed by atoms with Crippen LogP contribution in [0.15, 0.2) is 0 Å². The van der Waals surface area contributed by atoms with Crippen LogP contribution in [-0.4, -0.2) is 24.5 Å². The molecule has 0 aromatic rings. The lowest BCUT2D eigenvalue weighted by Gasteiger charge is -2.26. The maximum Gasteiger partial charge on any atom is -0.00161 e. The third-order valence-corrected chi connectivity index (χ3v) is 3.00. The van der Waals surface area contributed by atoms with Crippen molar-refractivity contribution in [3.8, 4) is 0 Å². The number of hydrogen-bond donors (Lipinski definition) is 0. The summed E-state index contributed by atoms with van der Waals surface area (Å²) in [7, 11) is 0. The lowest BCUT2D eigenvalue weighted by molar-refractivity contribution is 0.223. The van der Waals surface area contributed by atoms with Crippen molar-refractivity contribution in [1.29, 1.82) is 0 Å². The van der Waals surface area contributed by atoms with E-state index in [1.165, 1.54) is 58.2 Å². The van der Waals surface area contributed by atoms with Gasteiger partial charge in [0.05, 0.1) is 0 Å². The molecule has 0 bridgehead atoms. The summed E-state index contributed by atoms with van der Waals surface area (Å²) in [5.74, 6) is 1.12. The molecule has 0 aromatic heterocycles. The van der Waals surface area contributed by atoms with E-state index in [1.54, 1.807) is 0 Å². The van der Waals surface area contributed by atoms with Gasteiger partial charge < -0.3 is 4.90 Å². The highest BCUT2D eigenvalue weighted by atomic mass is 15.1. The molecular formula is C10H19N. The Morgan fingerprint density at radius 3 is 2.36 bits per heavy atom. The van der Waals surface area contributed by atoms with Crippen LogP contribution in [0.1, 0.15) is 38.5 Å². The van der Waals surface area contributed by atoms with Crippen molar-refractivity contribution in [3.63, 3.8) is 0 Å². The van der Waals surface area contributed by atoms with Crippen molar-refractivity contribution in [1.82, 2.24) is 4.90 Å². The number of hydrogen-bond acceptors (Lipinski definition) is 1. The molecule has 0 unspecified atom stereocenters. The standard InChI is InChI=1S/C10H19N/c1-2-7-11(8-3-1)9-6-10-4-5-10/h10H,1-9H2. The first kappa shape index (κ1) is 7.60. The SMILES string of the molecule is C1CCN(CCC2CC2)CC1. The van der Waals surface area contributed by atoms with Gasteiger partial charge in [0.2, 0.25) is 0 Å². The van der Waals surface area contributed by atoms with Gasteiger partial charge in [0.15, 0.2) is 0 Å². The third-order valence-electron chi connectivity index (χ3n) is 3.00. The van der Waals surface area contributed by atoms with E-state index in [1.807, 2.05) is 0 Å². The number of rotatable bonds is 3. The van der Waals surface area contributed by atoms with E-state index < -0.39 is 0 Å². The fourth-order valence-electron chi connectivity index (χ4n) is 1.95. The fraction of sp³-hybridized carbons (Fsp3) is 1.00. The summed E-state index contributed by atoms with van der Waals surface area (Å²) >= 11 is 0. The highest BCUT2D eigenvalue weighted by Gasteiger charge is 2.22. The second-order valence-corrected chi connectivity index (χ2v) is 4.13. The predicted molar refractivity (Wildman–Crippen MR) is 47.6 cm³/mol. The van der Waals surface area contributed by atoms with Crippen LogP contribution in [0.3, 0.4) is 0 Å². The summed E-state index contributed by atoms with van der Waals surface area (Å²) < 4.78 is 0. The number of nitrogens with zero attached hydrogens (tertiary/aromatic N) is 1. The molecule has 1 saturated carbocycles. The Hall–Kier alpha value is -0.0400. The molecule has 2 fully saturated rings. The first-order valence-electron chi connectivity index (χ1n) is 5.17. The van der Waals surface area contributed by atoms with E-state index in [0.717, 1.165) is 5.92 Å². The van der Waals surface area contributed by atoms with Gasteiger partial charge in [-0.05, 0) is 44.8 Å². The monoisotopic (exact) mass is 153 g/mol. The maximum atomic E-state index is 2.65. The van der Waals surface area contributed by atoms with Crippen LogP contribution in [0.2, 0.25) is 0 Å². The Morgan fingerprint density at radius 2 is 1.73 bits per heavy atom. The molecule has 0 spiro atoms. The van der Waals surface area contributed by atoms with Crippen molar-refractivity contribution in [2.24, 2.45) is 5.92 Å². The molecule has 1 heteroatoms. The van der Waals surface area contributed by atoms with E-state index in [0.29, 0.717) is 0 Å². The van der Waals surface area contributed by atoms with Crippen LogP contribution in [0.5, 0.6) is 0 Å². The number of piperidine rings is 1.